The minimum Gasteiger partial charge on any atom is -0.364 e. The first-order valence-corrected chi connectivity index (χ1v) is 7.48. The van der Waals surface area contributed by atoms with E-state index >= 15 is 0 Å². The van der Waals surface area contributed by atoms with Crippen molar-refractivity contribution in [2.75, 3.05) is 5.32 Å². The second-order valence-electron chi connectivity index (χ2n) is 4.49. The number of benzene rings is 2. The van der Waals surface area contributed by atoms with Crippen molar-refractivity contribution in [1.82, 2.24) is 0 Å². The van der Waals surface area contributed by atoms with E-state index < -0.39 is 5.54 Å². The summed E-state index contributed by atoms with van der Waals surface area (Å²) in [6.45, 7) is 1.99. The van der Waals surface area contributed by atoms with Crippen LogP contribution in [0.4, 0.5) is 5.69 Å². The number of rotatable bonds is 4. The van der Waals surface area contributed by atoms with Gasteiger partial charge in [-0.1, -0.05) is 48.9 Å². The van der Waals surface area contributed by atoms with E-state index in [2.05, 4.69) is 27.3 Å². The molecule has 0 aliphatic rings. The molecule has 0 saturated carbocycles. The van der Waals surface area contributed by atoms with E-state index in [4.69, 9.17) is 11.6 Å². The molecule has 0 bridgehead atoms. The lowest BCUT2D eigenvalue weighted by atomic mass is 9.88. The molecule has 1 atom stereocenters. The lowest BCUT2D eigenvalue weighted by Crippen LogP contribution is -2.32. The van der Waals surface area contributed by atoms with E-state index in [0.29, 0.717) is 11.4 Å². The molecule has 1 N–H and O–H groups in total. The average molecular weight is 350 g/mol. The van der Waals surface area contributed by atoms with Gasteiger partial charge < -0.3 is 5.32 Å². The van der Waals surface area contributed by atoms with Crippen LogP contribution in [0.15, 0.2) is 53.0 Å². The summed E-state index contributed by atoms with van der Waals surface area (Å²) in [6.07, 6.45) is 0.660. The fraction of sp³-hybridized carbons (Fsp3) is 0.188. The number of nitrogens with zero attached hydrogens (tertiary/aromatic N) is 1. The highest BCUT2D eigenvalue weighted by Gasteiger charge is 2.30. The summed E-state index contributed by atoms with van der Waals surface area (Å²) in [5.41, 5.74) is 1.07. The Bertz CT molecular complexity index is 637. The lowest BCUT2D eigenvalue weighted by Gasteiger charge is -2.28. The Kier molecular flexibility index (Phi) is 4.69. The molecule has 0 saturated heterocycles. The predicted octanol–water partition coefficient (Wildman–Crippen LogP) is 5.34. The molecule has 0 amide bonds. The second-order valence-corrected chi connectivity index (χ2v) is 5.75. The van der Waals surface area contributed by atoms with Crippen molar-refractivity contribution in [3.63, 3.8) is 0 Å². The van der Waals surface area contributed by atoms with Gasteiger partial charge in [0, 0.05) is 10.2 Å². The zero-order valence-electron chi connectivity index (χ0n) is 11.0. The summed E-state index contributed by atoms with van der Waals surface area (Å²) in [5.74, 6) is 0. The Hall–Kier alpha value is -1.50. The first-order chi connectivity index (χ1) is 9.61. The maximum atomic E-state index is 9.66. The van der Waals surface area contributed by atoms with Crippen LogP contribution in [0.2, 0.25) is 5.02 Å². The lowest BCUT2D eigenvalue weighted by molar-refractivity contribution is 0.604. The molecular formula is C16H14BrClN2. The van der Waals surface area contributed by atoms with Gasteiger partial charge in [-0.05, 0) is 46.1 Å². The van der Waals surface area contributed by atoms with E-state index in [1.54, 1.807) is 6.07 Å². The van der Waals surface area contributed by atoms with Crippen molar-refractivity contribution in [3.05, 3.63) is 63.6 Å². The molecular weight excluding hydrogens is 336 g/mol. The van der Waals surface area contributed by atoms with Crippen LogP contribution >= 0.6 is 27.5 Å². The fourth-order valence-electron chi connectivity index (χ4n) is 2.08. The van der Waals surface area contributed by atoms with Crippen molar-refractivity contribution < 1.29 is 0 Å². The van der Waals surface area contributed by atoms with Gasteiger partial charge in [0.05, 0.1) is 11.1 Å². The predicted molar refractivity (Wildman–Crippen MR) is 86.8 cm³/mol. The van der Waals surface area contributed by atoms with Crippen LogP contribution in [0.25, 0.3) is 0 Å². The van der Waals surface area contributed by atoms with Crippen LogP contribution in [0.5, 0.6) is 0 Å². The molecule has 102 valence electrons. The molecule has 0 radical (unpaired) electrons. The summed E-state index contributed by atoms with van der Waals surface area (Å²) >= 11 is 9.40. The number of anilines is 1. The molecule has 2 aromatic rings. The molecule has 0 heterocycles. The monoisotopic (exact) mass is 348 g/mol. The number of hydrogen-bond donors (Lipinski definition) is 1. The Morgan fingerprint density at radius 1 is 1.25 bits per heavy atom. The maximum Gasteiger partial charge on any atom is 0.150 e. The van der Waals surface area contributed by atoms with Crippen LogP contribution in [-0.4, -0.2) is 0 Å². The topological polar surface area (TPSA) is 35.8 Å². The third kappa shape index (κ3) is 2.98. The van der Waals surface area contributed by atoms with Crippen molar-refractivity contribution in [1.29, 1.82) is 5.26 Å². The summed E-state index contributed by atoms with van der Waals surface area (Å²) in [7, 11) is 0. The molecule has 0 aliphatic heterocycles. The third-order valence-corrected chi connectivity index (χ3v) is 4.48. The number of hydrogen-bond acceptors (Lipinski definition) is 2. The number of nitrogens with one attached hydrogen (secondary N) is 1. The first-order valence-electron chi connectivity index (χ1n) is 6.31. The fourth-order valence-corrected chi connectivity index (χ4v) is 2.58. The smallest absolute Gasteiger partial charge is 0.150 e. The Morgan fingerprint density at radius 3 is 2.50 bits per heavy atom. The van der Waals surface area contributed by atoms with Gasteiger partial charge in [-0.2, -0.15) is 5.26 Å². The van der Waals surface area contributed by atoms with E-state index in [1.165, 1.54) is 0 Å². The van der Waals surface area contributed by atoms with Crippen molar-refractivity contribution >= 4 is 33.2 Å². The largest absolute Gasteiger partial charge is 0.364 e. The van der Waals surface area contributed by atoms with Gasteiger partial charge in [-0.15, -0.1) is 0 Å². The minimum absolute atomic E-state index is 0.648. The van der Waals surface area contributed by atoms with Crippen molar-refractivity contribution in [2.45, 2.75) is 18.9 Å². The van der Waals surface area contributed by atoms with E-state index in [0.717, 1.165) is 15.7 Å². The molecule has 2 rings (SSSR count). The van der Waals surface area contributed by atoms with Gasteiger partial charge in [-0.25, -0.2) is 0 Å². The van der Waals surface area contributed by atoms with Crippen molar-refractivity contribution in [3.8, 4) is 6.07 Å². The van der Waals surface area contributed by atoms with Crippen LogP contribution in [0.1, 0.15) is 18.9 Å². The molecule has 2 nitrogen and oxygen atoms in total. The molecule has 2 aromatic carbocycles. The van der Waals surface area contributed by atoms with Gasteiger partial charge >= 0.3 is 0 Å². The highest BCUT2D eigenvalue weighted by Crippen LogP contribution is 2.32. The summed E-state index contributed by atoms with van der Waals surface area (Å²) in [4.78, 5) is 0. The molecule has 1 unspecified atom stereocenters. The van der Waals surface area contributed by atoms with E-state index in [-0.39, 0.29) is 0 Å². The number of halogens is 2. The molecule has 20 heavy (non-hydrogen) atoms. The van der Waals surface area contributed by atoms with Gasteiger partial charge in [0.15, 0.2) is 5.54 Å². The van der Waals surface area contributed by atoms with E-state index in [1.807, 2.05) is 49.4 Å². The maximum absolute atomic E-state index is 9.66. The number of nitriles is 1. The van der Waals surface area contributed by atoms with Gasteiger partial charge in [0.25, 0.3) is 0 Å². The standard InChI is InChI=1S/C16H14BrClN2/c1-2-16(11-19,12-6-4-3-5-7-12)20-13-8-9-15(18)14(17)10-13/h3-10,20H,2H2,1H3. The van der Waals surface area contributed by atoms with E-state index in [9.17, 15) is 5.26 Å². The van der Waals surface area contributed by atoms with Crippen LogP contribution in [0.3, 0.4) is 0 Å². The van der Waals surface area contributed by atoms with Crippen LogP contribution in [0, 0.1) is 11.3 Å². The minimum atomic E-state index is -0.742. The molecule has 0 spiro atoms. The molecule has 0 fully saturated rings. The Labute approximate surface area is 132 Å². The average Bonchev–Trinajstić information content (AvgIpc) is 2.49. The van der Waals surface area contributed by atoms with Crippen LogP contribution < -0.4 is 5.32 Å². The Balaban J connectivity index is 2.40. The Morgan fingerprint density at radius 2 is 1.95 bits per heavy atom. The second kappa shape index (κ2) is 6.30. The molecule has 4 heteroatoms. The summed E-state index contributed by atoms with van der Waals surface area (Å²) < 4.78 is 0.806. The first kappa shape index (κ1) is 14.9. The quantitative estimate of drug-likeness (QED) is 0.808. The SMILES string of the molecule is CCC(C#N)(Nc1ccc(Cl)c(Br)c1)c1ccccc1. The van der Waals surface area contributed by atoms with Gasteiger partial charge in [0.1, 0.15) is 0 Å². The highest BCUT2D eigenvalue weighted by atomic mass is 79.9. The molecule has 0 aliphatic carbocycles. The highest BCUT2D eigenvalue weighted by molar-refractivity contribution is 9.10. The summed E-state index contributed by atoms with van der Waals surface area (Å²) in [6, 6.07) is 17.7. The van der Waals surface area contributed by atoms with Crippen LogP contribution in [-0.2, 0) is 5.54 Å². The molecule has 0 aromatic heterocycles. The van der Waals surface area contributed by atoms with Gasteiger partial charge in [-0.3, -0.25) is 0 Å². The normalized spacial score (nSPS) is 13.3. The van der Waals surface area contributed by atoms with Gasteiger partial charge in [0.2, 0.25) is 0 Å². The summed E-state index contributed by atoms with van der Waals surface area (Å²) in [5, 5.41) is 13.6. The zero-order chi connectivity index (χ0) is 14.6. The van der Waals surface area contributed by atoms with Crippen molar-refractivity contribution in [2.24, 2.45) is 0 Å². The zero-order valence-corrected chi connectivity index (χ0v) is 13.4. The third-order valence-electron chi connectivity index (χ3n) is 3.27.